The Bertz CT molecular complexity index is 762. The first-order valence-electron chi connectivity index (χ1n) is 11.5. The molecular weight excluding hydrogens is 378 g/mol. The first-order chi connectivity index (χ1) is 14.6. The minimum Gasteiger partial charge on any atom is -0.352 e. The Morgan fingerprint density at radius 2 is 1.70 bits per heavy atom. The lowest BCUT2D eigenvalue weighted by atomic mass is 9.87. The van der Waals surface area contributed by atoms with Crippen molar-refractivity contribution < 1.29 is 14.4 Å². The molecule has 3 aliphatic rings. The third kappa shape index (κ3) is 5.48. The van der Waals surface area contributed by atoms with E-state index in [0.717, 1.165) is 44.3 Å². The molecule has 30 heavy (non-hydrogen) atoms. The van der Waals surface area contributed by atoms with Crippen LogP contribution in [-0.2, 0) is 20.8 Å². The third-order valence-corrected chi connectivity index (χ3v) is 6.96. The van der Waals surface area contributed by atoms with Crippen molar-refractivity contribution in [3.8, 4) is 0 Å². The molecule has 0 radical (unpaired) electrons. The van der Waals surface area contributed by atoms with E-state index in [4.69, 9.17) is 0 Å². The van der Waals surface area contributed by atoms with Gasteiger partial charge >= 0.3 is 0 Å². The summed E-state index contributed by atoms with van der Waals surface area (Å²) in [7, 11) is 0. The number of amides is 3. The quantitative estimate of drug-likeness (QED) is 0.705. The number of piperidine rings is 2. The summed E-state index contributed by atoms with van der Waals surface area (Å²) in [6, 6.07) is 9.03. The standard InChI is InChI=1S/C24H33N3O3/c28-22-10-9-20(24(30)26-22)15-17-5-7-18(8-6-17)19-11-13-27(14-12-19)16-23(29)25-21-3-1-2-4-21/h5-8,19-21H,1-4,9-16H2,(H,25,29)(H,26,28,30). The third-order valence-electron chi connectivity index (χ3n) is 6.96. The zero-order valence-corrected chi connectivity index (χ0v) is 17.7. The van der Waals surface area contributed by atoms with Crippen LogP contribution in [-0.4, -0.2) is 48.3 Å². The molecule has 1 saturated carbocycles. The number of rotatable bonds is 6. The summed E-state index contributed by atoms with van der Waals surface area (Å²) >= 11 is 0. The number of likely N-dealkylation sites (tertiary alicyclic amines) is 1. The number of carbonyl (C=O) groups is 3. The van der Waals surface area contributed by atoms with Crippen molar-refractivity contribution in [3.05, 3.63) is 35.4 Å². The normalized spacial score (nSPS) is 24.1. The van der Waals surface area contributed by atoms with Crippen LogP contribution < -0.4 is 10.6 Å². The lowest BCUT2D eigenvalue weighted by molar-refractivity contribution is -0.136. The van der Waals surface area contributed by atoms with E-state index in [0.29, 0.717) is 37.8 Å². The van der Waals surface area contributed by atoms with E-state index in [1.165, 1.54) is 18.4 Å². The predicted molar refractivity (Wildman–Crippen MR) is 115 cm³/mol. The van der Waals surface area contributed by atoms with E-state index in [-0.39, 0.29) is 23.6 Å². The van der Waals surface area contributed by atoms with E-state index in [1.807, 2.05) is 0 Å². The molecule has 4 rings (SSSR count). The fraction of sp³-hybridized carbons (Fsp3) is 0.625. The number of carbonyl (C=O) groups excluding carboxylic acids is 3. The van der Waals surface area contributed by atoms with Crippen molar-refractivity contribution in [2.75, 3.05) is 19.6 Å². The average Bonchev–Trinajstić information content (AvgIpc) is 3.24. The van der Waals surface area contributed by atoms with Crippen molar-refractivity contribution in [2.45, 2.75) is 69.7 Å². The summed E-state index contributed by atoms with van der Waals surface area (Å²) in [5.74, 6) is 0.308. The lowest BCUT2D eigenvalue weighted by Crippen LogP contribution is -2.43. The Morgan fingerprint density at radius 3 is 2.37 bits per heavy atom. The van der Waals surface area contributed by atoms with Crippen molar-refractivity contribution in [1.29, 1.82) is 0 Å². The molecule has 3 fully saturated rings. The molecule has 1 aromatic rings. The van der Waals surface area contributed by atoms with Crippen molar-refractivity contribution in [3.63, 3.8) is 0 Å². The average molecular weight is 412 g/mol. The van der Waals surface area contributed by atoms with Gasteiger partial charge < -0.3 is 5.32 Å². The highest BCUT2D eigenvalue weighted by atomic mass is 16.2. The molecule has 1 aliphatic carbocycles. The Hall–Kier alpha value is -2.21. The largest absolute Gasteiger partial charge is 0.352 e. The SMILES string of the molecule is O=C1CCC(Cc2ccc(C3CCN(CC(=O)NC4CCCC4)CC3)cc2)C(=O)N1. The van der Waals surface area contributed by atoms with Crippen LogP contribution in [0.1, 0.15) is 68.4 Å². The molecule has 0 aromatic heterocycles. The lowest BCUT2D eigenvalue weighted by Gasteiger charge is -2.32. The minimum atomic E-state index is -0.158. The molecule has 2 N–H and O–H groups in total. The molecular formula is C24H33N3O3. The van der Waals surface area contributed by atoms with E-state index < -0.39 is 0 Å². The molecule has 0 bridgehead atoms. The maximum Gasteiger partial charge on any atom is 0.234 e. The van der Waals surface area contributed by atoms with Crippen LogP contribution in [0, 0.1) is 5.92 Å². The summed E-state index contributed by atoms with van der Waals surface area (Å²) in [5, 5.41) is 5.63. The van der Waals surface area contributed by atoms with Gasteiger partial charge in [0.1, 0.15) is 0 Å². The molecule has 6 nitrogen and oxygen atoms in total. The topological polar surface area (TPSA) is 78.5 Å². The van der Waals surface area contributed by atoms with Gasteiger partial charge in [-0.1, -0.05) is 37.1 Å². The number of nitrogens with zero attached hydrogens (tertiary/aromatic N) is 1. The van der Waals surface area contributed by atoms with E-state index in [2.05, 4.69) is 39.8 Å². The van der Waals surface area contributed by atoms with Gasteiger partial charge in [0.25, 0.3) is 0 Å². The molecule has 1 unspecified atom stereocenters. The van der Waals surface area contributed by atoms with Crippen LogP contribution in [0.2, 0.25) is 0 Å². The Kier molecular flexibility index (Phi) is 6.82. The highest BCUT2D eigenvalue weighted by Gasteiger charge is 2.27. The zero-order chi connectivity index (χ0) is 20.9. The van der Waals surface area contributed by atoms with Crippen LogP contribution in [0.5, 0.6) is 0 Å². The van der Waals surface area contributed by atoms with Crippen molar-refractivity contribution >= 4 is 17.7 Å². The monoisotopic (exact) mass is 411 g/mol. The van der Waals surface area contributed by atoms with Crippen molar-refractivity contribution in [1.82, 2.24) is 15.5 Å². The second-order valence-corrected chi connectivity index (χ2v) is 9.19. The van der Waals surface area contributed by atoms with Gasteiger partial charge in [0.05, 0.1) is 6.54 Å². The van der Waals surface area contributed by atoms with Crippen LogP contribution in [0.3, 0.4) is 0 Å². The van der Waals surface area contributed by atoms with Crippen LogP contribution in [0.4, 0.5) is 0 Å². The number of hydrogen-bond acceptors (Lipinski definition) is 4. The van der Waals surface area contributed by atoms with E-state index >= 15 is 0 Å². The van der Waals surface area contributed by atoms with Gasteiger partial charge in [-0.2, -0.15) is 0 Å². The second-order valence-electron chi connectivity index (χ2n) is 9.19. The Balaban J connectivity index is 1.22. The number of imide groups is 1. The molecule has 2 saturated heterocycles. The maximum atomic E-state index is 12.3. The molecule has 0 spiro atoms. The highest BCUT2D eigenvalue weighted by molar-refractivity contribution is 5.98. The fourth-order valence-corrected chi connectivity index (χ4v) is 5.11. The zero-order valence-electron chi connectivity index (χ0n) is 17.7. The molecule has 6 heteroatoms. The molecule has 1 aromatic carbocycles. The smallest absolute Gasteiger partial charge is 0.234 e. The predicted octanol–water partition coefficient (Wildman–Crippen LogP) is 2.52. The summed E-state index contributed by atoms with van der Waals surface area (Å²) in [6.45, 7) is 2.44. The minimum absolute atomic E-state index is 0.104. The number of nitrogens with one attached hydrogen (secondary N) is 2. The van der Waals surface area contributed by atoms with Gasteiger partial charge in [0.15, 0.2) is 0 Å². The first kappa shape index (κ1) is 21.0. The van der Waals surface area contributed by atoms with Gasteiger partial charge in [0, 0.05) is 18.4 Å². The number of hydrogen-bond donors (Lipinski definition) is 2. The first-order valence-corrected chi connectivity index (χ1v) is 11.5. The Morgan fingerprint density at radius 1 is 1.00 bits per heavy atom. The highest BCUT2D eigenvalue weighted by Crippen LogP contribution is 2.29. The van der Waals surface area contributed by atoms with Gasteiger partial charge in [-0.3, -0.25) is 24.6 Å². The summed E-state index contributed by atoms with van der Waals surface area (Å²) in [5.41, 5.74) is 2.49. The maximum absolute atomic E-state index is 12.3. The molecule has 2 heterocycles. The molecule has 3 amide bonds. The summed E-state index contributed by atoms with van der Waals surface area (Å²) < 4.78 is 0. The van der Waals surface area contributed by atoms with Crippen LogP contribution in [0.25, 0.3) is 0 Å². The van der Waals surface area contributed by atoms with Gasteiger partial charge in [-0.15, -0.1) is 0 Å². The molecule has 162 valence electrons. The van der Waals surface area contributed by atoms with Crippen molar-refractivity contribution in [2.24, 2.45) is 5.92 Å². The Labute approximate surface area is 178 Å². The summed E-state index contributed by atoms with van der Waals surface area (Å²) in [4.78, 5) is 37.8. The molecule has 1 atom stereocenters. The molecule has 2 aliphatic heterocycles. The second kappa shape index (κ2) is 9.73. The number of benzene rings is 1. The fourth-order valence-electron chi connectivity index (χ4n) is 5.11. The van der Waals surface area contributed by atoms with E-state index in [1.54, 1.807) is 0 Å². The summed E-state index contributed by atoms with van der Waals surface area (Å²) in [6.07, 6.45) is 8.65. The van der Waals surface area contributed by atoms with E-state index in [9.17, 15) is 14.4 Å². The van der Waals surface area contributed by atoms with Crippen LogP contribution in [0.15, 0.2) is 24.3 Å². The van der Waals surface area contributed by atoms with Gasteiger partial charge in [0.2, 0.25) is 17.7 Å². The van der Waals surface area contributed by atoms with Gasteiger partial charge in [-0.25, -0.2) is 0 Å². The van der Waals surface area contributed by atoms with Gasteiger partial charge in [-0.05, 0) is 68.7 Å². The van der Waals surface area contributed by atoms with Crippen LogP contribution >= 0.6 is 0 Å².